The van der Waals surface area contributed by atoms with Crippen LogP contribution < -0.4 is 5.32 Å². The second-order valence-electron chi connectivity index (χ2n) is 8.16. The van der Waals surface area contributed by atoms with E-state index in [0.29, 0.717) is 12.8 Å². The number of fused-ring (bicyclic) bond motifs is 1. The molecule has 1 amide bonds. The van der Waals surface area contributed by atoms with Crippen molar-refractivity contribution in [2.24, 2.45) is 0 Å². The van der Waals surface area contributed by atoms with Crippen molar-refractivity contribution in [2.75, 3.05) is 0 Å². The minimum absolute atomic E-state index is 0.00361. The molecule has 2 heterocycles. The van der Waals surface area contributed by atoms with E-state index in [1.807, 2.05) is 62.5 Å². The van der Waals surface area contributed by atoms with Gasteiger partial charge in [0, 0.05) is 23.4 Å². The van der Waals surface area contributed by atoms with Gasteiger partial charge in [0.2, 0.25) is 5.91 Å². The number of hydrogen-bond donors (Lipinski definition) is 1. The van der Waals surface area contributed by atoms with Crippen LogP contribution in [0.4, 0.5) is 4.39 Å². The average molecular weight is 431 g/mol. The third kappa shape index (κ3) is 4.26. The van der Waals surface area contributed by atoms with Gasteiger partial charge in [0.15, 0.2) is 5.65 Å². The summed E-state index contributed by atoms with van der Waals surface area (Å²) in [7, 11) is 0. The van der Waals surface area contributed by atoms with Crippen LogP contribution in [0.15, 0.2) is 54.6 Å². The highest BCUT2D eigenvalue weighted by molar-refractivity contribution is 5.80. The van der Waals surface area contributed by atoms with E-state index in [9.17, 15) is 9.18 Å². The van der Waals surface area contributed by atoms with E-state index in [1.165, 1.54) is 12.1 Å². The van der Waals surface area contributed by atoms with E-state index in [4.69, 9.17) is 4.98 Å². The first-order valence-electron chi connectivity index (χ1n) is 10.8. The Morgan fingerprint density at radius 2 is 1.72 bits per heavy atom. The standard InChI is InChI=1S/C26H27FN4O/c1-16(20-8-6-5-7-9-20)28-24(32)15-14-23-17(2)29-26-25(18(3)30-31(26)19(23)4)21-10-12-22(27)13-11-21/h5-13,16H,14-15H2,1-4H3,(H,28,32)/t16-/m1/s1. The summed E-state index contributed by atoms with van der Waals surface area (Å²) in [6, 6.07) is 16.3. The number of amides is 1. The number of carbonyl (C=O) groups is 1. The molecule has 0 radical (unpaired) electrons. The molecule has 4 aromatic rings. The minimum Gasteiger partial charge on any atom is -0.350 e. The topological polar surface area (TPSA) is 59.3 Å². The van der Waals surface area contributed by atoms with Crippen LogP contribution >= 0.6 is 0 Å². The molecule has 5 nitrogen and oxygen atoms in total. The number of aromatic nitrogens is 3. The number of aryl methyl sites for hydroxylation is 3. The average Bonchev–Trinajstić information content (AvgIpc) is 3.10. The molecule has 6 heteroatoms. The van der Waals surface area contributed by atoms with Gasteiger partial charge in [-0.25, -0.2) is 13.9 Å². The molecule has 2 aromatic heterocycles. The summed E-state index contributed by atoms with van der Waals surface area (Å²) in [4.78, 5) is 17.4. The Balaban J connectivity index is 1.56. The van der Waals surface area contributed by atoms with Gasteiger partial charge >= 0.3 is 0 Å². The summed E-state index contributed by atoms with van der Waals surface area (Å²) in [5.41, 5.74) is 7.30. The Bertz CT molecular complexity index is 1260. The largest absolute Gasteiger partial charge is 0.350 e. The molecule has 0 fully saturated rings. The van der Waals surface area contributed by atoms with Gasteiger partial charge in [0.25, 0.3) is 0 Å². The highest BCUT2D eigenvalue weighted by atomic mass is 19.1. The molecule has 1 N–H and O–H groups in total. The van der Waals surface area contributed by atoms with Gasteiger partial charge in [-0.1, -0.05) is 42.5 Å². The lowest BCUT2D eigenvalue weighted by atomic mass is 10.0. The van der Waals surface area contributed by atoms with E-state index in [0.717, 1.165) is 45.0 Å². The Hall–Kier alpha value is -3.54. The number of nitrogens with zero attached hydrogens (tertiary/aromatic N) is 3. The summed E-state index contributed by atoms with van der Waals surface area (Å²) in [6.07, 6.45) is 0.954. The number of benzene rings is 2. The number of rotatable bonds is 6. The van der Waals surface area contributed by atoms with Crippen LogP contribution in [0, 0.1) is 26.6 Å². The van der Waals surface area contributed by atoms with Gasteiger partial charge in [-0.2, -0.15) is 5.10 Å². The van der Waals surface area contributed by atoms with Gasteiger partial charge in [-0.05, 0) is 62.9 Å². The van der Waals surface area contributed by atoms with E-state index >= 15 is 0 Å². The molecular weight excluding hydrogens is 403 g/mol. The Labute approximate surface area is 187 Å². The van der Waals surface area contributed by atoms with Crippen LogP contribution in [0.2, 0.25) is 0 Å². The first-order chi connectivity index (χ1) is 15.3. The van der Waals surface area contributed by atoms with Crippen molar-refractivity contribution in [3.63, 3.8) is 0 Å². The fraction of sp³-hybridized carbons (Fsp3) is 0.269. The van der Waals surface area contributed by atoms with E-state index < -0.39 is 0 Å². The van der Waals surface area contributed by atoms with Crippen LogP contribution in [0.25, 0.3) is 16.8 Å². The summed E-state index contributed by atoms with van der Waals surface area (Å²) < 4.78 is 15.2. The molecule has 2 aromatic carbocycles. The van der Waals surface area contributed by atoms with Gasteiger partial charge in [0.1, 0.15) is 5.82 Å². The maximum absolute atomic E-state index is 13.4. The Morgan fingerprint density at radius 1 is 1.03 bits per heavy atom. The molecular formula is C26H27FN4O. The predicted octanol–water partition coefficient (Wildman–Crippen LogP) is 5.27. The summed E-state index contributed by atoms with van der Waals surface area (Å²) in [5, 5.41) is 7.76. The lowest BCUT2D eigenvalue weighted by Crippen LogP contribution is -2.27. The fourth-order valence-electron chi connectivity index (χ4n) is 4.16. The second kappa shape index (κ2) is 8.91. The fourth-order valence-corrected chi connectivity index (χ4v) is 4.16. The monoisotopic (exact) mass is 430 g/mol. The van der Waals surface area contributed by atoms with Crippen LogP contribution in [0.5, 0.6) is 0 Å². The molecule has 0 saturated carbocycles. The molecule has 0 aliphatic rings. The molecule has 0 unspecified atom stereocenters. The molecule has 32 heavy (non-hydrogen) atoms. The smallest absolute Gasteiger partial charge is 0.220 e. The van der Waals surface area contributed by atoms with Gasteiger partial charge in [-0.15, -0.1) is 0 Å². The summed E-state index contributed by atoms with van der Waals surface area (Å²) >= 11 is 0. The highest BCUT2D eigenvalue weighted by Crippen LogP contribution is 2.29. The number of nitrogens with one attached hydrogen (secondary N) is 1. The summed E-state index contributed by atoms with van der Waals surface area (Å²) in [6.45, 7) is 7.88. The maximum atomic E-state index is 13.4. The van der Waals surface area contributed by atoms with Crippen LogP contribution in [0.1, 0.15) is 47.6 Å². The van der Waals surface area contributed by atoms with Gasteiger partial charge in [0.05, 0.1) is 11.7 Å². The number of carbonyl (C=O) groups excluding carboxylic acids is 1. The molecule has 164 valence electrons. The number of hydrogen-bond acceptors (Lipinski definition) is 3. The zero-order valence-electron chi connectivity index (χ0n) is 18.8. The minimum atomic E-state index is -0.273. The Kier molecular flexibility index (Phi) is 6.04. The van der Waals surface area contributed by atoms with Crippen molar-refractivity contribution in [2.45, 2.75) is 46.6 Å². The molecule has 0 aliphatic heterocycles. The number of halogens is 1. The van der Waals surface area contributed by atoms with Gasteiger partial charge in [-0.3, -0.25) is 4.79 Å². The molecule has 0 saturated heterocycles. The van der Waals surface area contributed by atoms with E-state index in [1.54, 1.807) is 12.1 Å². The third-order valence-corrected chi connectivity index (χ3v) is 5.91. The molecule has 4 rings (SSSR count). The second-order valence-corrected chi connectivity index (χ2v) is 8.16. The first-order valence-corrected chi connectivity index (χ1v) is 10.8. The quantitative estimate of drug-likeness (QED) is 0.453. The maximum Gasteiger partial charge on any atom is 0.220 e. The first kappa shape index (κ1) is 21.7. The van der Waals surface area contributed by atoms with Crippen molar-refractivity contribution in [1.82, 2.24) is 19.9 Å². The highest BCUT2D eigenvalue weighted by Gasteiger charge is 2.19. The van der Waals surface area contributed by atoms with E-state index in [2.05, 4.69) is 10.4 Å². The normalized spacial score (nSPS) is 12.2. The third-order valence-electron chi connectivity index (χ3n) is 5.91. The summed E-state index contributed by atoms with van der Waals surface area (Å²) in [5.74, 6) is -0.269. The zero-order valence-corrected chi connectivity index (χ0v) is 18.8. The van der Waals surface area contributed by atoms with Crippen LogP contribution in [-0.4, -0.2) is 20.5 Å². The van der Waals surface area contributed by atoms with Crippen molar-refractivity contribution >= 4 is 11.6 Å². The van der Waals surface area contributed by atoms with Crippen molar-refractivity contribution in [1.29, 1.82) is 0 Å². The lowest BCUT2D eigenvalue weighted by Gasteiger charge is -2.15. The van der Waals surface area contributed by atoms with E-state index in [-0.39, 0.29) is 17.8 Å². The molecule has 0 bridgehead atoms. The Morgan fingerprint density at radius 3 is 2.41 bits per heavy atom. The molecule has 1 atom stereocenters. The van der Waals surface area contributed by atoms with Crippen molar-refractivity contribution < 1.29 is 9.18 Å². The van der Waals surface area contributed by atoms with Crippen molar-refractivity contribution in [3.05, 3.63) is 88.6 Å². The SMILES string of the molecule is Cc1nc2c(-c3ccc(F)cc3)c(C)nn2c(C)c1CCC(=O)N[C@H](C)c1ccccc1. The zero-order chi connectivity index (χ0) is 22.8. The molecule has 0 aliphatic carbocycles. The lowest BCUT2D eigenvalue weighted by molar-refractivity contribution is -0.121. The van der Waals surface area contributed by atoms with Crippen LogP contribution in [0.3, 0.4) is 0 Å². The van der Waals surface area contributed by atoms with Gasteiger partial charge < -0.3 is 5.32 Å². The predicted molar refractivity (Wildman–Crippen MR) is 124 cm³/mol. The van der Waals surface area contributed by atoms with Crippen LogP contribution in [-0.2, 0) is 11.2 Å². The van der Waals surface area contributed by atoms with Crippen molar-refractivity contribution in [3.8, 4) is 11.1 Å². The molecule has 0 spiro atoms.